The van der Waals surface area contributed by atoms with Gasteiger partial charge in [0.05, 0.1) is 0 Å². The Balaban J connectivity index is 1.54. The molecule has 3 aromatic rings. The van der Waals surface area contributed by atoms with Crippen molar-refractivity contribution in [2.45, 2.75) is 38.5 Å². The van der Waals surface area contributed by atoms with Crippen molar-refractivity contribution in [1.29, 1.82) is 0 Å². The van der Waals surface area contributed by atoms with Crippen LogP contribution in [0.15, 0.2) is 66.9 Å². The van der Waals surface area contributed by atoms with E-state index in [2.05, 4.69) is 55.3 Å². The Morgan fingerprint density at radius 3 is 2.42 bits per heavy atom. The van der Waals surface area contributed by atoms with Crippen LogP contribution in [0.2, 0.25) is 0 Å². The molecule has 1 aromatic heterocycles. The number of fused-ring (bicyclic) bond motifs is 1. The number of anilines is 1. The summed E-state index contributed by atoms with van der Waals surface area (Å²) >= 11 is 0. The standard InChI is InChI=1S/C26H28N2O3/c1-26(2,3)19-9-7-18(8-10-19)21(22-6-4-5-13-27-22)17-25(29)28-20-11-12-23-24(16-20)31-15-14-30-23/h4-13,16,21H,14-15,17H2,1-3H3,(H,28,29). The number of carbonyl (C=O) groups is 1. The molecule has 5 heteroatoms. The summed E-state index contributed by atoms with van der Waals surface area (Å²) in [6.07, 6.45) is 2.06. The van der Waals surface area contributed by atoms with E-state index in [1.807, 2.05) is 30.3 Å². The molecule has 0 aliphatic carbocycles. The molecule has 0 fully saturated rings. The van der Waals surface area contributed by atoms with Crippen LogP contribution in [-0.4, -0.2) is 24.1 Å². The summed E-state index contributed by atoms with van der Waals surface area (Å²) in [5.74, 6) is 1.15. The second-order valence-electron chi connectivity index (χ2n) is 8.79. The average Bonchev–Trinajstić information content (AvgIpc) is 2.77. The molecule has 2 aromatic carbocycles. The summed E-state index contributed by atoms with van der Waals surface area (Å²) in [4.78, 5) is 17.5. The van der Waals surface area contributed by atoms with Crippen molar-refractivity contribution in [1.82, 2.24) is 4.98 Å². The van der Waals surface area contributed by atoms with Gasteiger partial charge in [-0.15, -0.1) is 0 Å². The number of hydrogen-bond acceptors (Lipinski definition) is 4. The highest BCUT2D eigenvalue weighted by Gasteiger charge is 2.21. The predicted molar refractivity (Wildman–Crippen MR) is 122 cm³/mol. The third kappa shape index (κ3) is 5.05. The summed E-state index contributed by atoms with van der Waals surface area (Å²) in [5, 5.41) is 3.00. The minimum atomic E-state index is -0.132. The topological polar surface area (TPSA) is 60.5 Å². The van der Waals surface area contributed by atoms with Gasteiger partial charge in [-0.2, -0.15) is 0 Å². The van der Waals surface area contributed by atoms with Crippen molar-refractivity contribution in [2.24, 2.45) is 0 Å². The zero-order valence-electron chi connectivity index (χ0n) is 18.2. The number of amides is 1. The maximum atomic E-state index is 13.0. The van der Waals surface area contributed by atoms with Crippen molar-refractivity contribution in [3.63, 3.8) is 0 Å². The number of benzene rings is 2. The molecule has 0 spiro atoms. The van der Waals surface area contributed by atoms with Gasteiger partial charge < -0.3 is 14.8 Å². The molecule has 1 aliphatic rings. The number of carbonyl (C=O) groups excluding carboxylic acids is 1. The van der Waals surface area contributed by atoms with E-state index in [1.54, 1.807) is 12.3 Å². The van der Waals surface area contributed by atoms with E-state index in [0.717, 1.165) is 11.3 Å². The summed E-state index contributed by atoms with van der Waals surface area (Å²) in [6.45, 7) is 7.63. The lowest BCUT2D eigenvalue weighted by Gasteiger charge is -2.22. The molecular formula is C26H28N2O3. The lowest BCUT2D eigenvalue weighted by Crippen LogP contribution is -2.18. The van der Waals surface area contributed by atoms with E-state index in [0.29, 0.717) is 36.8 Å². The second-order valence-corrected chi connectivity index (χ2v) is 8.79. The maximum Gasteiger partial charge on any atom is 0.225 e. The van der Waals surface area contributed by atoms with Crippen LogP contribution in [0.5, 0.6) is 11.5 Å². The fraction of sp³-hybridized carbons (Fsp3) is 0.308. The van der Waals surface area contributed by atoms with Crippen molar-refractivity contribution < 1.29 is 14.3 Å². The van der Waals surface area contributed by atoms with Crippen LogP contribution in [0.4, 0.5) is 5.69 Å². The van der Waals surface area contributed by atoms with Crippen LogP contribution < -0.4 is 14.8 Å². The lowest BCUT2D eigenvalue weighted by molar-refractivity contribution is -0.116. The fourth-order valence-electron chi connectivity index (χ4n) is 3.71. The first kappa shape index (κ1) is 20.9. The lowest BCUT2D eigenvalue weighted by atomic mass is 9.84. The van der Waals surface area contributed by atoms with Crippen molar-refractivity contribution in [3.8, 4) is 11.5 Å². The first-order chi connectivity index (χ1) is 14.9. The third-order valence-corrected chi connectivity index (χ3v) is 5.44. The molecule has 1 unspecified atom stereocenters. The van der Waals surface area contributed by atoms with Gasteiger partial charge >= 0.3 is 0 Å². The van der Waals surface area contributed by atoms with Gasteiger partial charge in [0.1, 0.15) is 13.2 Å². The number of hydrogen-bond donors (Lipinski definition) is 1. The summed E-state index contributed by atoms with van der Waals surface area (Å²) < 4.78 is 11.2. The Hall–Kier alpha value is -3.34. The summed E-state index contributed by atoms with van der Waals surface area (Å²) in [7, 11) is 0. The van der Waals surface area contributed by atoms with Crippen molar-refractivity contribution in [3.05, 3.63) is 83.7 Å². The smallest absolute Gasteiger partial charge is 0.225 e. The quantitative estimate of drug-likeness (QED) is 0.612. The first-order valence-corrected chi connectivity index (χ1v) is 10.6. The second kappa shape index (κ2) is 8.80. The number of nitrogens with one attached hydrogen (secondary N) is 1. The minimum absolute atomic E-state index is 0.0766. The zero-order valence-corrected chi connectivity index (χ0v) is 18.2. The highest BCUT2D eigenvalue weighted by Crippen LogP contribution is 2.33. The van der Waals surface area contributed by atoms with Gasteiger partial charge in [0.2, 0.25) is 5.91 Å². The molecule has 0 saturated carbocycles. The predicted octanol–water partition coefficient (Wildman–Crippen LogP) is 5.31. The van der Waals surface area contributed by atoms with E-state index < -0.39 is 0 Å². The molecule has 1 amide bonds. The number of rotatable bonds is 5. The highest BCUT2D eigenvalue weighted by atomic mass is 16.6. The van der Waals surface area contributed by atoms with Crippen LogP contribution in [0.1, 0.15) is 49.9 Å². The Morgan fingerprint density at radius 1 is 1.00 bits per heavy atom. The Kier molecular flexibility index (Phi) is 5.94. The molecule has 31 heavy (non-hydrogen) atoms. The monoisotopic (exact) mass is 416 g/mol. The largest absolute Gasteiger partial charge is 0.486 e. The molecule has 1 atom stereocenters. The van der Waals surface area contributed by atoms with Crippen molar-refractivity contribution in [2.75, 3.05) is 18.5 Å². The Morgan fingerprint density at radius 2 is 1.74 bits per heavy atom. The fourth-order valence-corrected chi connectivity index (χ4v) is 3.71. The molecule has 4 rings (SSSR count). The van der Waals surface area contributed by atoms with E-state index >= 15 is 0 Å². The molecule has 1 N–H and O–H groups in total. The molecule has 5 nitrogen and oxygen atoms in total. The van der Waals surface area contributed by atoms with Crippen LogP contribution in [0.25, 0.3) is 0 Å². The Bertz CT molecular complexity index is 1040. The van der Waals surface area contributed by atoms with Gasteiger partial charge in [-0.25, -0.2) is 0 Å². The Labute approximate surface area is 183 Å². The number of nitrogens with zero attached hydrogens (tertiary/aromatic N) is 1. The number of pyridine rings is 1. The molecule has 160 valence electrons. The normalized spacial score (nSPS) is 14.0. The van der Waals surface area contributed by atoms with E-state index in [-0.39, 0.29) is 17.2 Å². The van der Waals surface area contributed by atoms with E-state index in [9.17, 15) is 4.79 Å². The minimum Gasteiger partial charge on any atom is -0.486 e. The van der Waals surface area contributed by atoms with Gasteiger partial charge in [0.15, 0.2) is 11.5 Å². The number of ether oxygens (including phenoxy) is 2. The third-order valence-electron chi connectivity index (χ3n) is 5.44. The zero-order chi connectivity index (χ0) is 21.8. The number of aromatic nitrogens is 1. The van der Waals surface area contributed by atoms with Gasteiger partial charge in [0.25, 0.3) is 0 Å². The van der Waals surface area contributed by atoms with Gasteiger partial charge in [-0.1, -0.05) is 51.1 Å². The molecule has 1 aliphatic heterocycles. The van der Waals surface area contributed by atoms with Gasteiger partial charge in [0, 0.05) is 36.0 Å². The highest BCUT2D eigenvalue weighted by molar-refractivity contribution is 5.92. The molecule has 2 heterocycles. The summed E-state index contributed by atoms with van der Waals surface area (Å²) in [6, 6.07) is 19.8. The van der Waals surface area contributed by atoms with Crippen molar-refractivity contribution >= 4 is 11.6 Å². The molecule has 0 saturated heterocycles. The average molecular weight is 417 g/mol. The van der Waals surface area contributed by atoms with Crippen LogP contribution in [0.3, 0.4) is 0 Å². The van der Waals surface area contributed by atoms with E-state index in [1.165, 1.54) is 5.56 Å². The van der Waals surface area contributed by atoms with Gasteiger partial charge in [-0.3, -0.25) is 9.78 Å². The van der Waals surface area contributed by atoms with Crippen LogP contribution >= 0.6 is 0 Å². The first-order valence-electron chi connectivity index (χ1n) is 10.6. The molecule has 0 bridgehead atoms. The van der Waals surface area contributed by atoms with E-state index in [4.69, 9.17) is 9.47 Å². The maximum absolute atomic E-state index is 13.0. The molecule has 0 radical (unpaired) electrons. The van der Waals surface area contributed by atoms with Crippen LogP contribution in [-0.2, 0) is 10.2 Å². The SMILES string of the molecule is CC(C)(C)c1ccc(C(CC(=O)Nc2ccc3c(c2)OCCO3)c2ccccn2)cc1. The summed E-state index contributed by atoms with van der Waals surface area (Å²) in [5.41, 5.74) is 3.98. The van der Waals surface area contributed by atoms with Gasteiger partial charge in [-0.05, 0) is 40.8 Å². The molecular weight excluding hydrogens is 388 g/mol. The van der Waals surface area contributed by atoms with Crippen LogP contribution in [0, 0.1) is 0 Å².